The second-order valence-electron chi connectivity index (χ2n) is 6.03. The maximum Gasteiger partial charge on any atom is 0.258 e. The van der Waals surface area contributed by atoms with Crippen LogP contribution in [0.1, 0.15) is 5.56 Å². The Labute approximate surface area is 152 Å². The maximum absolute atomic E-state index is 12.5. The molecule has 1 N–H and O–H groups in total. The molecule has 1 aliphatic heterocycles. The molecule has 0 radical (unpaired) electrons. The van der Waals surface area contributed by atoms with Crippen LogP contribution in [-0.2, 0) is 16.1 Å². The van der Waals surface area contributed by atoms with Crippen LogP contribution in [-0.4, -0.2) is 38.3 Å². The van der Waals surface area contributed by atoms with Gasteiger partial charge in [0.05, 0.1) is 13.2 Å². The van der Waals surface area contributed by atoms with Crippen molar-refractivity contribution >= 4 is 11.6 Å². The topological polar surface area (TPSA) is 74.6 Å². The Morgan fingerprint density at radius 1 is 1.15 bits per heavy atom. The number of carbonyl (C=O) groups excluding carboxylic acids is 1. The number of ether oxygens (including phenoxy) is 2. The minimum absolute atomic E-state index is 0.149. The van der Waals surface area contributed by atoms with Gasteiger partial charge in [0.2, 0.25) is 0 Å². The molecule has 134 valence electrons. The molecule has 26 heavy (non-hydrogen) atoms. The zero-order valence-corrected chi connectivity index (χ0v) is 14.8. The Morgan fingerprint density at radius 2 is 1.85 bits per heavy atom. The summed E-state index contributed by atoms with van der Waals surface area (Å²) in [6, 6.07) is 18.3. The molecule has 1 amide bonds. The number of hydrogen-bond donors (Lipinski definition) is 1. The Bertz CT molecular complexity index is 786. The summed E-state index contributed by atoms with van der Waals surface area (Å²) in [4.78, 5) is 14.1. The van der Waals surface area contributed by atoms with Crippen LogP contribution in [0.25, 0.3) is 0 Å². The number of carbonyl (C=O) groups is 1. The van der Waals surface area contributed by atoms with E-state index >= 15 is 0 Å². The van der Waals surface area contributed by atoms with E-state index < -0.39 is 18.2 Å². The zero-order chi connectivity index (χ0) is 18.5. The molecule has 1 fully saturated rings. The van der Waals surface area contributed by atoms with E-state index in [1.165, 1.54) is 7.11 Å². The van der Waals surface area contributed by atoms with Gasteiger partial charge in [-0.1, -0.05) is 30.3 Å². The van der Waals surface area contributed by atoms with Crippen molar-refractivity contribution in [2.45, 2.75) is 24.7 Å². The molecule has 0 bridgehead atoms. The fraction of sp³-hybridized carbons (Fsp3) is 0.300. The summed E-state index contributed by atoms with van der Waals surface area (Å²) in [5, 5.41) is 12.9. The highest BCUT2D eigenvalue weighted by Gasteiger charge is 2.52. The number of methoxy groups -OCH3 is 2. The highest BCUT2D eigenvalue weighted by molar-refractivity contribution is 6.05. The molecule has 6 heteroatoms. The van der Waals surface area contributed by atoms with Gasteiger partial charge in [-0.25, -0.2) is 0 Å². The molecule has 1 aliphatic rings. The molecule has 0 aromatic heterocycles. The van der Waals surface area contributed by atoms with Gasteiger partial charge in [0.15, 0.2) is 6.10 Å². The molecule has 1 saturated heterocycles. The number of nitrogens with one attached hydrogen (secondary N) is 1. The van der Waals surface area contributed by atoms with Gasteiger partial charge in [0.25, 0.3) is 5.91 Å². The predicted molar refractivity (Wildman–Crippen MR) is 97.7 cm³/mol. The highest BCUT2D eigenvalue weighted by atomic mass is 16.5. The number of nitriles is 1. The number of hydrogen-bond acceptors (Lipinski definition) is 5. The van der Waals surface area contributed by atoms with E-state index in [9.17, 15) is 10.1 Å². The Hall–Kier alpha value is -2.88. The smallest absolute Gasteiger partial charge is 0.258 e. The minimum Gasteiger partial charge on any atom is -0.497 e. The lowest BCUT2D eigenvalue weighted by atomic mass is 9.90. The fourth-order valence-electron chi connectivity index (χ4n) is 3.16. The molecule has 2 aromatic rings. The number of anilines is 1. The Balaban J connectivity index is 1.78. The van der Waals surface area contributed by atoms with Crippen molar-refractivity contribution in [3.05, 3.63) is 60.2 Å². The van der Waals surface area contributed by atoms with E-state index in [1.54, 1.807) is 36.3 Å². The first kappa shape index (κ1) is 17.9. The van der Waals surface area contributed by atoms with Crippen LogP contribution in [0, 0.1) is 11.3 Å². The number of amides is 1. The van der Waals surface area contributed by atoms with Crippen LogP contribution in [0.2, 0.25) is 0 Å². The third-order valence-corrected chi connectivity index (χ3v) is 4.54. The summed E-state index contributed by atoms with van der Waals surface area (Å²) in [7, 11) is 3.08. The van der Waals surface area contributed by atoms with Crippen LogP contribution in [0.3, 0.4) is 0 Å². The molecule has 1 heterocycles. The van der Waals surface area contributed by atoms with E-state index in [0.717, 1.165) is 11.3 Å². The van der Waals surface area contributed by atoms with Crippen LogP contribution in [0.5, 0.6) is 5.75 Å². The summed E-state index contributed by atoms with van der Waals surface area (Å²) < 4.78 is 10.5. The van der Waals surface area contributed by atoms with Gasteiger partial charge < -0.3 is 14.4 Å². The second kappa shape index (κ2) is 8.00. The zero-order valence-electron chi connectivity index (χ0n) is 14.8. The van der Waals surface area contributed by atoms with Gasteiger partial charge in [0, 0.05) is 19.3 Å². The highest BCUT2D eigenvalue weighted by Crippen LogP contribution is 2.33. The molecule has 2 aromatic carbocycles. The first-order valence-corrected chi connectivity index (χ1v) is 8.36. The molecule has 0 spiro atoms. The minimum atomic E-state index is -0.634. The average Bonchev–Trinajstić information content (AvgIpc) is 2.69. The molecule has 3 atom stereocenters. The Kier molecular flexibility index (Phi) is 5.52. The lowest BCUT2D eigenvalue weighted by Gasteiger charge is -2.48. The molecular weight excluding hydrogens is 330 g/mol. The predicted octanol–water partition coefficient (Wildman–Crippen LogP) is 2.11. The fourth-order valence-corrected chi connectivity index (χ4v) is 3.16. The standard InChI is InChI=1S/C20H21N3O3/c1-25-16-10-8-15(9-11-16)23-18(19(26-2)20(23)24)17(12-21)22-13-14-6-4-3-5-7-14/h3-11,17-19,22H,13H2,1-2H3/t17-,18+,19-/m1/s1. The van der Waals surface area contributed by atoms with Gasteiger partial charge in [-0.15, -0.1) is 0 Å². The quantitative estimate of drug-likeness (QED) is 0.774. The normalized spacial score (nSPS) is 20.2. The van der Waals surface area contributed by atoms with Crippen LogP contribution in [0.4, 0.5) is 5.69 Å². The largest absolute Gasteiger partial charge is 0.497 e. The van der Waals surface area contributed by atoms with Crippen molar-refractivity contribution in [3.8, 4) is 11.8 Å². The molecular formula is C20H21N3O3. The summed E-state index contributed by atoms with van der Waals surface area (Å²) in [5.41, 5.74) is 1.79. The van der Waals surface area contributed by atoms with Crippen LogP contribution < -0.4 is 15.0 Å². The van der Waals surface area contributed by atoms with Gasteiger partial charge >= 0.3 is 0 Å². The van der Waals surface area contributed by atoms with Crippen molar-refractivity contribution in [2.24, 2.45) is 0 Å². The number of β-lactam (4-membered cyclic amide) rings is 1. The van der Waals surface area contributed by atoms with E-state index in [2.05, 4.69) is 11.4 Å². The Morgan fingerprint density at radius 3 is 2.42 bits per heavy atom. The van der Waals surface area contributed by atoms with Crippen molar-refractivity contribution in [2.75, 3.05) is 19.1 Å². The first-order valence-electron chi connectivity index (χ1n) is 8.36. The summed E-state index contributed by atoms with van der Waals surface area (Å²) in [6.45, 7) is 0.538. The maximum atomic E-state index is 12.5. The number of nitrogens with zero attached hydrogens (tertiary/aromatic N) is 2. The summed E-state index contributed by atoms with van der Waals surface area (Å²) in [5.74, 6) is 0.560. The van der Waals surface area contributed by atoms with Crippen molar-refractivity contribution in [1.29, 1.82) is 5.26 Å². The SMILES string of the molecule is COc1ccc(N2C(=O)[C@H](OC)[C@@H]2[C@@H](C#N)NCc2ccccc2)cc1. The van der Waals surface area contributed by atoms with Gasteiger partial charge in [0.1, 0.15) is 17.8 Å². The van der Waals surface area contributed by atoms with Crippen molar-refractivity contribution in [1.82, 2.24) is 5.32 Å². The molecule has 6 nitrogen and oxygen atoms in total. The van der Waals surface area contributed by atoms with E-state index in [-0.39, 0.29) is 5.91 Å². The van der Waals surface area contributed by atoms with Crippen molar-refractivity contribution in [3.63, 3.8) is 0 Å². The van der Waals surface area contributed by atoms with E-state index in [0.29, 0.717) is 12.3 Å². The lowest BCUT2D eigenvalue weighted by Crippen LogP contribution is -2.72. The van der Waals surface area contributed by atoms with Gasteiger partial charge in [-0.2, -0.15) is 5.26 Å². The lowest BCUT2D eigenvalue weighted by molar-refractivity contribution is -0.140. The van der Waals surface area contributed by atoms with E-state index in [1.807, 2.05) is 30.3 Å². The number of rotatable bonds is 7. The third-order valence-electron chi connectivity index (χ3n) is 4.54. The number of benzene rings is 2. The van der Waals surface area contributed by atoms with Gasteiger partial charge in [-0.05, 0) is 29.8 Å². The second-order valence-corrected chi connectivity index (χ2v) is 6.03. The molecule has 0 saturated carbocycles. The molecule has 0 unspecified atom stereocenters. The summed E-state index contributed by atoms with van der Waals surface area (Å²) >= 11 is 0. The van der Waals surface area contributed by atoms with Crippen LogP contribution in [0.15, 0.2) is 54.6 Å². The monoisotopic (exact) mass is 351 g/mol. The average molecular weight is 351 g/mol. The summed E-state index contributed by atoms with van der Waals surface area (Å²) in [6.07, 6.45) is -0.634. The van der Waals surface area contributed by atoms with Crippen molar-refractivity contribution < 1.29 is 14.3 Å². The van der Waals surface area contributed by atoms with E-state index in [4.69, 9.17) is 9.47 Å². The first-order chi connectivity index (χ1) is 12.7. The third kappa shape index (κ3) is 3.40. The van der Waals surface area contributed by atoms with Gasteiger partial charge in [-0.3, -0.25) is 10.1 Å². The van der Waals surface area contributed by atoms with Crippen LogP contribution >= 0.6 is 0 Å². The molecule has 3 rings (SSSR count). The molecule has 0 aliphatic carbocycles.